The van der Waals surface area contributed by atoms with Gasteiger partial charge in [-0.25, -0.2) is 0 Å². The molecule has 0 aliphatic heterocycles. The molecule has 1 nitrogen and oxygen atoms in total. The van der Waals surface area contributed by atoms with E-state index in [9.17, 15) is 0 Å². The van der Waals surface area contributed by atoms with Gasteiger partial charge in [-0.3, -0.25) is 0 Å². The van der Waals surface area contributed by atoms with Crippen LogP contribution in [-0.4, -0.2) is 18.1 Å². The molecule has 0 aromatic heterocycles. The van der Waals surface area contributed by atoms with Crippen molar-refractivity contribution in [2.24, 2.45) is 17.8 Å². The van der Waals surface area contributed by atoms with E-state index in [1.807, 2.05) is 13.8 Å². The predicted octanol–water partition coefficient (Wildman–Crippen LogP) is 8.61. The van der Waals surface area contributed by atoms with Crippen molar-refractivity contribution in [1.82, 2.24) is 0 Å². The van der Waals surface area contributed by atoms with Crippen molar-refractivity contribution >= 4 is 18.1 Å². The Labute approximate surface area is 171 Å². The zero-order valence-corrected chi connectivity index (χ0v) is 17.6. The second kappa shape index (κ2) is 25.8. The Morgan fingerprint density at radius 2 is 1.20 bits per heavy atom. The summed E-state index contributed by atoms with van der Waals surface area (Å²) < 4.78 is 15.5. The van der Waals surface area contributed by atoms with Crippen LogP contribution in [-0.2, 0) is 4.12 Å². The SMILES string of the molecule is C.C.C.C.C=CC1CCC(C=C)C(C=C)C1.CC.C[SiH](C)O[SiH](C)C.[3HH].[3H][3H]. The summed E-state index contributed by atoms with van der Waals surface area (Å²) in [5, 5.41) is 0. The van der Waals surface area contributed by atoms with Gasteiger partial charge in [0.1, 0.15) is 0 Å². The fourth-order valence-electron chi connectivity index (χ4n) is 2.58. The summed E-state index contributed by atoms with van der Waals surface area (Å²) >= 11 is 0. The van der Waals surface area contributed by atoms with Crippen LogP contribution in [0.4, 0.5) is 0 Å². The molecular weight excluding hydrogens is 336 g/mol. The average Bonchev–Trinajstić information content (AvgIpc) is 2.57. The number of hydrogen-bond donors (Lipinski definition) is 0. The smallest absolute Gasteiger partial charge is 0.156 e. The first-order chi connectivity index (χ1) is 10.9. The first-order valence-corrected chi connectivity index (χ1v) is 14.0. The molecule has 1 aliphatic rings. The average molecular weight is 401 g/mol. The van der Waals surface area contributed by atoms with E-state index >= 15 is 0 Å². The molecule has 1 saturated carbocycles. The number of rotatable bonds is 5. The van der Waals surface area contributed by atoms with Crippen molar-refractivity contribution < 1.29 is 8.51 Å². The Bertz CT molecular complexity index is 283. The Morgan fingerprint density at radius 1 is 0.800 bits per heavy atom. The van der Waals surface area contributed by atoms with Crippen LogP contribution in [0.2, 0.25) is 26.2 Å². The van der Waals surface area contributed by atoms with Gasteiger partial charge in [0.05, 0.1) is 0 Å². The fourth-order valence-corrected chi connectivity index (χ4v) is 6.94. The lowest BCUT2D eigenvalue weighted by Crippen LogP contribution is -2.20. The van der Waals surface area contributed by atoms with Crippen LogP contribution in [0.5, 0.6) is 0 Å². The van der Waals surface area contributed by atoms with Gasteiger partial charge in [-0.2, -0.15) is 0 Å². The zero-order chi connectivity index (χ0) is 18.8. The molecule has 3 atom stereocenters. The summed E-state index contributed by atoms with van der Waals surface area (Å²) in [6, 6.07) is 0. The third kappa shape index (κ3) is 21.6. The van der Waals surface area contributed by atoms with Crippen LogP contribution in [0.25, 0.3) is 0 Å². The molecule has 0 amide bonds. The summed E-state index contributed by atoms with van der Waals surface area (Å²) in [5.74, 6) is 1.97. The fraction of sp³-hybridized carbons (Fsp3) is 0.727. The molecule has 0 bridgehead atoms. The Balaban J connectivity index is -0.0000000371. The molecule has 0 N–H and O–H groups in total. The maximum absolute atomic E-state index is 5.53. The summed E-state index contributed by atoms with van der Waals surface area (Å²) in [6.45, 7) is 24.4. The van der Waals surface area contributed by atoms with Crippen molar-refractivity contribution in [3.63, 3.8) is 0 Å². The van der Waals surface area contributed by atoms with Gasteiger partial charge in [0.15, 0.2) is 18.1 Å². The lowest BCUT2D eigenvalue weighted by molar-refractivity contribution is 0.288. The van der Waals surface area contributed by atoms with Gasteiger partial charge in [0, 0.05) is 4.40 Å². The molecule has 0 radical (unpaired) electrons. The van der Waals surface area contributed by atoms with Crippen LogP contribution in [0.15, 0.2) is 38.0 Å². The van der Waals surface area contributed by atoms with Gasteiger partial charge < -0.3 is 4.12 Å². The third-order valence-corrected chi connectivity index (χ3v) is 7.83. The predicted molar refractivity (Wildman–Crippen MR) is 136 cm³/mol. The van der Waals surface area contributed by atoms with E-state index < -0.39 is 18.1 Å². The van der Waals surface area contributed by atoms with Crippen molar-refractivity contribution in [3.8, 4) is 0 Å². The lowest BCUT2D eigenvalue weighted by Gasteiger charge is -2.31. The van der Waals surface area contributed by atoms with E-state index in [0.717, 1.165) is 0 Å². The Hall–Kier alpha value is -0.386. The normalized spacial score (nSPS) is 20.7. The number of hydrogen-bond acceptors (Lipinski definition) is 1. The highest BCUT2D eigenvalue weighted by Gasteiger charge is 2.24. The molecule has 3 unspecified atom stereocenters. The molecule has 160 valence electrons. The molecular formula is C22H58OSi2. The molecule has 0 saturated heterocycles. The molecule has 1 fully saturated rings. The molecule has 0 aromatic rings. The molecule has 3 heteroatoms. The molecule has 1 aliphatic carbocycles. The van der Waals surface area contributed by atoms with Crippen molar-refractivity contribution in [2.45, 2.75) is 89.0 Å². The van der Waals surface area contributed by atoms with E-state index in [2.05, 4.69) is 64.2 Å². The van der Waals surface area contributed by atoms with Crippen LogP contribution in [0.3, 0.4) is 0 Å². The highest BCUT2D eigenvalue weighted by atomic mass is 28.4. The van der Waals surface area contributed by atoms with Crippen molar-refractivity contribution in [3.05, 3.63) is 38.0 Å². The lowest BCUT2D eigenvalue weighted by atomic mass is 9.74. The van der Waals surface area contributed by atoms with Gasteiger partial charge in [0.2, 0.25) is 0 Å². The monoisotopic (exact) mass is 400 g/mol. The second-order valence-electron chi connectivity index (χ2n) is 5.84. The van der Waals surface area contributed by atoms with Crippen molar-refractivity contribution in [2.75, 3.05) is 0 Å². The summed E-state index contributed by atoms with van der Waals surface area (Å²) in [4.78, 5) is 0. The first kappa shape index (κ1) is 35.7. The summed E-state index contributed by atoms with van der Waals surface area (Å²) in [6.07, 6.45) is 9.95. The molecule has 0 heterocycles. The van der Waals surface area contributed by atoms with Crippen LogP contribution < -0.4 is 0 Å². The molecule has 1 rings (SSSR count). The quantitative estimate of drug-likeness (QED) is 0.331. The van der Waals surface area contributed by atoms with Crippen LogP contribution in [0, 0.1) is 17.8 Å². The van der Waals surface area contributed by atoms with Gasteiger partial charge in [-0.1, -0.05) is 61.8 Å². The highest BCUT2D eigenvalue weighted by Crippen LogP contribution is 2.35. The number of allylic oxidation sites excluding steroid dienone is 3. The van der Waals surface area contributed by atoms with E-state index in [4.69, 9.17) is 7.08 Å². The summed E-state index contributed by atoms with van der Waals surface area (Å²) in [5.41, 5.74) is 0. The first-order valence-electron chi connectivity index (χ1n) is 9.47. The van der Waals surface area contributed by atoms with E-state index in [1.54, 1.807) is 0 Å². The standard InChI is InChI=1S/C12H18.C4H14OSi2.C2H6.4CH4.2H2/c1-4-10-7-8-11(5-2)12(6-3)9-10;1-6(2)5-7(3)4;1-2;;;;;;/h4-6,10-12H,1-3,7-9H2;6-7H,1-4H3;1-2H3;4*1H4;2*1H/i;;;;;;;1+2T;1+2. The Kier molecular flexibility index (Phi) is 36.9. The van der Waals surface area contributed by atoms with Crippen LogP contribution in [0.1, 0.15) is 67.2 Å². The molecule has 0 aromatic carbocycles. The van der Waals surface area contributed by atoms with Gasteiger partial charge in [-0.15, -0.1) is 19.7 Å². The maximum atomic E-state index is 5.53. The highest BCUT2D eigenvalue weighted by molar-refractivity contribution is 6.63. The minimum atomic E-state index is -0.667. The summed E-state index contributed by atoms with van der Waals surface area (Å²) in [7, 11) is -1.33. The largest absolute Gasteiger partial charge is 0.461 e. The Morgan fingerprint density at radius 3 is 1.44 bits per heavy atom. The maximum Gasteiger partial charge on any atom is 0.156 e. The topological polar surface area (TPSA) is 9.23 Å². The second-order valence-corrected chi connectivity index (χ2v) is 11.1. The van der Waals surface area contributed by atoms with Crippen LogP contribution >= 0.6 is 0 Å². The van der Waals surface area contributed by atoms with E-state index in [-0.39, 0.29) is 31.1 Å². The van der Waals surface area contributed by atoms with Gasteiger partial charge in [-0.05, 0) is 63.2 Å². The molecule has 25 heavy (non-hydrogen) atoms. The zero-order valence-electron chi connectivity index (χ0n) is 17.3. The van der Waals surface area contributed by atoms with Gasteiger partial charge >= 0.3 is 0 Å². The van der Waals surface area contributed by atoms with E-state index in [1.165, 1.54) is 19.3 Å². The third-order valence-electron chi connectivity index (χ3n) is 3.48. The molecule has 0 spiro atoms. The minimum Gasteiger partial charge on any atom is -0.461 e. The minimum absolute atomic E-state index is 0. The van der Waals surface area contributed by atoms with E-state index in [0.29, 0.717) is 17.8 Å². The van der Waals surface area contributed by atoms with Crippen molar-refractivity contribution in [1.29, 1.82) is 0 Å². The van der Waals surface area contributed by atoms with Gasteiger partial charge in [0.25, 0.3) is 0 Å².